The van der Waals surface area contributed by atoms with Crippen molar-refractivity contribution in [3.63, 3.8) is 0 Å². The molecular weight excluding hydrogens is 344 g/mol. The van der Waals surface area contributed by atoms with E-state index in [1.54, 1.807) is 18.9 Å². The highest BCUT2D eigenvalue weighted by molar-refractivity contribution is 7.98. The zero-order valence-electron chi connectivity index (χ0n) is 14.7. The maximum Gasteiger partial charge on any atom is 0.411 e. The standard InChI is InChI=1S/C17H22N2O5S/c1-22-10-5-6-12-11(7-10)17(9-25-4)8-13(14(20)23-2)19(15(17)18-12)16(21)24-3/h5-7,13,15,18H,8-9H2,1-4H3/t13-,15?,17+/m0/s1. The molecule has 2 aliphatic rings. The first-order chi connectivity index (χ1) is 12.0. The van der Waals surface area contributed by atoms with E-state index in [0.717, 1.165) is 22.8 Å². The van der Waals surface area contributed by atoms with Crippen molar-refractivity contribution in [3.8, 4) is 5.75 Å². The Morgan fingerprint density at radius 1 is 1.32 bits per heavy atom. The van der Waals surface area contributed by atoms with E-state index in [1.165, 1.54) is 19.1 Å². The lowest BCUT2D eigenvalue weighted by Gasteiger charge is -2.31. The molecule has 0 aliphatic carbocycles. The number of ether oxygens (including phenoxy) is 3. The molecule has 1 amide bonds. The summed E-state index contributed by atoms with van der Waals surface area (Å²) in [6.45, 7) is 0. The molecule has 1 aromatic carbocycles. The Bertz CT molecular complexity index is 698. The van der Waals surface area contributed by atoms with Gasteiger partial charge >= 0.3 is 12.1 Å². The van der Waals surface area contributed by atoms with Gasteiger partial charge in [-0.2, -0.15) is 11.8 Å². The zero-order chi connectivity index (χ0) is 18.2. The topological polar surface area (TPSA) is 77.1 Å². The van der Waals surface area contributed by atoms with E-state index in [1.807, 2.05) is 24.5 Å². The summed E-state index contributed by atoms with van der Waals surface area (Å²) in [4.78, 5) is 26.2. The minimum absolute atomic E-state index is 0.376. The predicted octanol–water partition coefficient (Wildman–Crippen LogP) is 2.06. The summed E-state index contributed by atoms with van der Waals surface area (Å²) < 4.78 is 15.2. The SMILES string of the molecule is COC(=O)[C@@H]1C[C@@]2(CSC)c3cc(OC)ccc3NC2N1C(=O)OC. The molecule has 0 saturated carbocycles. The van der Waals surface area contributed by atoms with E-state index in [9.17, 15) is 9.59 Å². The molecule has 0 aromatic heterocycles. The number of rotatable bonds is 4. The molecule has 1 aromatic rings. The number of amides is 1. The molecule has 2 aliphatic heterocycles. The van der Waals surface area contributed by atoms with E-state index in [2.05, 4.69) is 5.32 Å². The Balaban J connectivity index is 2.12. The average molecular weight is 366 g/mol. The monoisotopic (exact) mass is 366 g/mol. The average Bonchev–Trinajstić information content (AvgIpc) is 3.11. The molecule has 25 heavy (non-hydrogen) atoms. The summed E-state index contributed by atoms with van der Waals surface area (Å²) >= 11 is 1.67. The van der Waals surface area contributed by atoms with E-state index in [0.29, 0.717) is 6.42 Å². The number of nitrogens with one attached hydrogen (secondary N) is 1. The molecule has 2 heterocycles. The lowest BCUT2D eigenvalue weighted by atomic mass is 9.80. The van der Waals surface area contributed by atoms with Crippen LogP contribution in [0.5, 0.6) is 5.75 Å². The maximum atomic E-state index is 12.4. The van der Waals surface area contributed by atoms with Gasteiger partial charge in [-0.05, 0) is 36.4 Å². The third kappa shape index (κ3) is 2.59. The Labute approximate surface area is 151 Å². The number of fused-ring (bicyclic) bond motifs is 3. The van der Waals surface area contributed by atoms with E-state index < -0.39 is 23.5 Å². The highest BCUT2D eigenvalue weighted by Crippen LogP contribution is 2.53. The van der Waals surface area contributed by atoms with Gasteiger partial charge in [0, 0.05) is 16.9 Å². The number of carbonyl (C=O) groups is 2. The summed E-state index contributed by atoms with van der Waals surface area (Å²) in [5, 5.41) is 3.40. The smallest absolute Gasteiger partial charge is 0.411 e. The van der Waals surface area contributed by atoms with Gasteiger partial charge in [0.1, 0.15) is 18.0 Å². The Kier molecular flexibility index (Phi) is 4.73. The predicted molar refractivity (Wildman–Crippen MR) is 95.1 cm³/mol. The summed E-state index contributed by atoms with van der Waals surface area (Å²) in [6.07, 6.45) is 1.56. The lowest BCUT2D eigenvalue weighted by Crippen LogP contribution is -2.50. The molecule has 0 radical (unpaired) electrons. The fraction of sp³-hybridized carbons (Fsp3) is 0.529. The highest BCUT2D eigenvalue weighted by Gasteiger charge is 2.61. The van der Waals surface area contributed by atoms with Crippen molar-refractivity contribution in [2.75, 3.05) is 38.7 Å². The molecule has 3 rings (SSSR count). The van der Waals surface area contributed by atoms with E-state index in [-0.39, 0.29) is 6.17 Å². The quantitative estimate of drug-likeness (QED) is 0.817. The first-order valence-corrected chi connectivity index (χ1v) is 9.30. The Morgan fingerprint density at radius 2 is 2.08 bits per heavy atom. The summed E-state index contributed by atoms with van der Waals surface area (Å²) in [6, 6.07) is 5.10. The van der Waals surface area contributed by atoms with Crippen LogP contribution >= 0.6 is 11.8 Å². The largest absolute Gasteiger partial charge is 0.497 e. The lowest BCUT2D eigenvalue weighted by molar-refractivity contribution is -0.145. The van der Waals surface area contributed by atoms with Crippen molar-refractivity contribution >= 4 is 29.5 Å². The fourth-order valence-corrected chi connectivity index (χ4v) is 4.89. The normalized spacial score (nSPS) is 26.5. The molecule has 0 bridgehead atoms. The molecule has 136 valence electrons. The third-order valence-electron chi connectivity index (χ3n) is 5.01. The van der Waals surface area contributed by atoms with Crippen LogP contribution in [0.2, 0.25) is 0 Å². The molecule has 7 nitrogen and oxygen atoms in total. The number of likely N-dealkylation sites (tertiary alicyclic amines) is 1. The van der Waals surface area contributed by atoms with Crippen molar-refractivity contribution in [1.82, 2.24) is 4.90 Å². The summed E-state index contributed by atoms with van der Waals surface area (Å²) in [5.41, 5.74) is 1.57. The second kappa shape index (κ2) is 6.67. The van der Waals surface area contributed by atoms with E-state index >= 15 is 0 Å². The highest BCUT2D eigenvalue weighted by atomic mass is 32.2. The number of methoxy groups -OCH3 is 3. The molecule has 0 spiro atoms. The number of benzene rings is 1. The first kappa shape index (κ1) is 17.7. The fourth-order valence-electron chi connectivity index (χ4n) is 3.95. The van der Waals surface area contributed by atoms with Gasteiger partial charge in [-0.3, -0.25) is 4.90 Å². The third-order valence-corrected chi connectivity index (χ3v) is 5.81. The van der Waals surface area contributed by atoms with Crippen molar-refractivity contribution < 1.29 is 23.8 Å². The van der Waals surface area contributed by atoms with Crippen LogP contribution in [-0.4, -0.2) is 62.5 Å². The van der Waals surface area contributed by atoms with Crippen LogP contribution in [-0.2, 0) is 19.7 Å². The van der Waals surface area contributed by atoms with Crippen molar-refractivity contribution in [2.45, 2.75) is 24.0 Å². The number of carbonyl (C=O) groups excluding carboxylic acids is 2. The van der Waals surface area contributed by atoms with Gasteiger partial charge < -0.3 is 19.5 Å². The molecule has 3 atom stereocenters. The number of hydrogen-bond acceptors (Lipinski definition) is 7. The number of anilines is 1. The van der Waals surface area contributed by atoms with Gasteiger partial charge in [0.2, 0.25) is 0 Å². The van der Waals surface area contributed by atoms with Gasteiger partial charge in [-0.1, -0.05) is 0 Å². The second-order valence-electron chi connectivity index (χ2n) is 6.17. The molecule has 1 fully saturated rings. The first-order valence-electron chi connectivity index (χ1n) is 7.90. The van der Waals surface area contributed by atoms with Crippen LogP contribution in [0.4, 0.5) is 10.5 Å². The van der Waals surface area contributed by atoms with Crippen molar-refractivity contribution in [2.24, 2.45) is 0 Å². The Morgan fingerprint density at radius 3 is 2.68 bits per heavy atom. The van der Waals surface area contributed by atoms with Gasteiger partial charge in [0.25, 0.3) is 0 Å². The molecular formula is C17H22N2O5S. The number of thioether (sulfide) groups is 1. The molecule has 1 N–H and O–H groups in total. The summed E-state index contributed by atoms with van der Waals surface area (Å²) in [7, 11) is 4.27. The zero-order valence-corrected chi connectivity index (χ0v) is 15.5. The number of hydrogen-bond donors (Lipinski definition) is 1. The van der Waals surface area contributed by atoms with Gasteiger partial charge in [-0.25, -0.2) is 9.59 Å². The van der Waals surface area contributed by atoms with Crippen molar-refractivity contribution in [1.29, 1.82) is 0 Å². The maximum absolute atomic E-state index is 12.4. The van der Waals surface area contributed by atoms with Crippen LogP contribution in [0.25, 0.3) is 0 Å². The number of nitrogens with zero attached hydrogens (tertiary/aromatic N) is 1. The van der Waals surface area contributed by atoms with Gasteiger partial charge in [-0.15, -0.1) is 0 Å². The number of esters is 1. The van der Waals surface area contributed by atoms with Gasteiger partial charge in [0.15, 0.2) is 0 Å². The van der Waals surface area contributed by atoms with Crippen LogP contribution < -0.4 is 10.1 Å². The minimum atomic E-state index is -0.693. The van der Waals surface area contributed by atoms with Gasteiger partial charge in [0.05, 0.1) is 21.3 Å². The van der Waals surface area contributed by atoms with Crippen LogP contribution in [0.3, 0.4) is 0 Å². The van der Waals surface area contributed by atoms with Crippen LogP contribution in [0.15, 0.2) is 18.2 Å². The minimum Gasteiger partial charge on any atom is -0.497 e. The molecule has 1 unspecified atom stereocenters. The van der Waals surface area contributed by atoms with Crippen LogP contribution in [0, 0.1) is 0 Å². The van der Waals surface area contributed by atoms with Crippen molar-refractivity contribution in [3.05, 3.63) is 23.8 Å². The summed E-state index contributed by atoms with van der Waals surface area (Å²) in [5.74, 6) is 1.05. The molecule has 8 heteroatoms. The van der Waals surface area contributed by atoms with E-state index in [4.69, 9.17) is 14.2 Å². The van der Waals surface area contributed by atoms with Crippen LogP contribution in [0.1, 0.15) is 12.0 Å². The molecule has 1 saturated heterocycles. The Hall–Kier alpha value is -2.09. The second-order valence-corrected chi connectivity index (χ2v) is 7.03.